The summed E-state index contributed by atoms with van der Waals surface area (Å²) in [4.78, 5) is 39.6. The van der Waals surface area contributed by atoms with E-state index in [1.165, 1.54) is 9.36 Å². The van der Waals surface area contributed by atoms with Crippen LogP contribution in [-0.2, 0) is 14.3 Å². The van der Waals surface area contributed by atoms with Crippen molar-refractivity contribution in [3.8, 4) is 0 Å². The van der Waals surface area contributed by atoms with Crippen molar-refractivity contribution in [1.82, 2.24) is 4.90 Å². The molecule has 2 aliphatic heterocycles. The van der Waals surface area contributed by atoms with Gasteiger partial charge in [-0.25, -0.2) is 0 Å². The standard InChI is InChI=1S/C22H23N3O5Se/c26-20-14-30-11-10-24(20)16-8-6-15(7-9-16)23-21(27)19-12-18(13-25(19)22(28)29)31-17-4-2-1-3-5-17/h1-9,18-19H,10-14H2,(H,23,27)(H,28,29)/t18-,19?/m1/s1. The van der Waals surface area contributed by atoms with E-state index in [0.717, 1.165) is 5.69 Å². The summed E-state index contributed by atoms with van der Waals surface area (Å²) in [5.41, 5.74) is 1.31. The summed E-state index contributed by atoms with van der Waals surface area (Å²) in [6.45, 7) is 1.41. The molecule has 4 rings (SSSR count). The first-order chi connectivity index (χ1) is 15.0. The van der Waals surface area contributed by atoms with E-state index in [4.69, 9.17) is 4.74 Å². The van der Waals surface area contributed by atoms with Gasteiger partial charge in [-0.3, -0.25) is 0 Å². The van der Waals surface area contributed by atoms with E-state index in [1.807, 2.05) is 30.3 Å². The van der Waals surface area contributed by atoms with E-state index in [2.05, 4.69) is 5.32 Å². The Morgan fingerprint density at radius 2 is 1.84 bits per heavy atom. The van der Waals surface area contributed by atoms with E-state index in [1.54, 1.807) is 29.2 Å². The fourth-order valence-corrected chi connectivity index (χ4v) is 6.32. The second-order valence-electron chi connectivity index (χ2n) is 7.37. The quantitative estimate of drug-likeness (QED) is 0.623. The molecule has 3 amide bonds. The summed E-state index contributed by atoms with van der Waals surface area (Å²) in [5, 5.41) is 12.4. The summed E-state index contributed by atoms with van der Waals surface area (Å²) >= 11 is 0.0936. The molecule has 2 N–H and O–H groups in total. The molecule has 0 radical (unpaired) electrons. The number of anilines is 2. The van der Waals surface area contributed by atoms with E-state index in [0.29, 0.717) is 31.8 Å². The third-order valence-electron chi connectivity index (χ3n) is 5.29. The number of carbonyl (C=O) groups is 3. The number of morpholine rings is 1. The predicted octanol–water partition coefficient (Wildman–Crippen LogP) is 1.56. The van der Waals surface area contributed by atoms with Crippen molar-refractivity contribution < 1.29 is 24.2 Å². The van der Waals surface area contributed by atoms with Gasteiger partial charge >= 0.3 is 181 Å². The number of carbonyl (C=O) groups excluding carboxylic acids is 2. The van der Waals surface area contributed by atoms with Crippen molar-refractivity contribution in [3.05, 3.63) is 54.6 Å². The van der Waals surface area contributed by atoms with Crippen LogP contribution in [0.5, 0.6) is 0 Å². The molecular formula is C22H23N3O5Se. The second-order valence-corrected chi connectivity index (χ2v) is 10.3. The number of hydrogen-bond donors (Lipinski definition) is 2. The first kappa shape index (κ1) is 21.4. The van der Waals surface area contributed by atoms with Crippen molar-refractivity contribution in [2.75, 3.05) is 36.5 Å². The summed E-state index contributed by atoms with van der Waals surface area (Å²) in [6, 6.07) is 16.2. The van der Waals surface area contributed by atoms with Crippen LogP contribution in [0.1, 0.15) is 6.42 Å². The Bertz CT molecular complexity index is 953. The molecule has 162 valence electrons. The third-order valence-corrected chi connectivity index (χ3v) is 7.85. The first-order valence-electron chi connectivity index (χ1n) is 10.0. The number of nitrogens with one attached hydrogen (secondary N) is 1. The summed E-state index contributed by atoms with van der Waals surface area (Å²) < 4.78 is 6.34. The van der Waals surface area contributed by atoms with Crippen molar-refractivity contribution in [3.63, 3.8) is 0 Å². The van der Waals surface area contributed by atoms with Crippen LogP contribution in [0.4, 0.5) is 16.2 Å². The Labute approximate surface area is 186 Å². The number of hydrogen-bond acceptors (Lipinski definition) is 4. The van der Waals surface area contributed by atoms with Gasteiger partial charge in [0.2, 0.25) is 0 Å². The maximum absolute atomic E-state index is 12.9. The normalized spacial score (nSPS) is 21.2. The van der Waals surface area contributed by atoms with Gasteiger partial charge in [0.25, 0.3) is 0 Å². The third kappa shape index (κ3) is 5.07. The minimum atomic E-state index is -1.08. The minimum absolute atomic E-state index is 0.0663. The molecule has 0 bridgehead atoms. The molecule has 0 aliphatic carbocycles. The van der Waals surface area contributed by atoms with Crippen LogP contribution in [0, 0.1) is 0 Å². The number of ether oxygens (including phenoxy) is 1. The monoisotopic (exact) mass is 489 g/mol. The van der Waals surface area contributed by atoms with E-state index in [9.17, 15) is 19.5 Å². The topological polar surface area (TPSA) is 99.2 Å². The zero-order valence-electron chi connectivity index (χ0n) is 16.8. The number of benzene rings is 2. The first-order valence-corrected chi connectivity index (χ1v) is 11.9. The molecule has 1 unspecified atom stereocenters. The molecule has 2 saturated heterocycles. The van der Waals surface area contributed by atoms with Gasteiger partial charge in [0.1, 0.15) is 0 Å². The van der Waals surface area contributed by atoms with Crippen LogP contribution in [0.25, 0.3) is 0 Å². The molecule has 2 aliphatic rings. The van der Waals surface area contributed by atoms with E-state index in [-0.39, 0.29) is 38.2 Å². The molecule has 2 fully saturated rings. The number of amides is 3. The van der Waals surface area contributed by atoms with Gasteiger partial charge in [0.05, 0.1) is 0 Å². The van der Waals surface area contributed by atoms with Crippen molar-refractivity contribution in [2.45, 2.75) is 17.3 Å². The van der Waals surface area contributed by atoms with Crippen molar-refractivity contribution in [2.24, 2.45) is 0 Å². The zero-order valence-corrected chi connectivity index (χ0v) is 18.5. The number of carboxylic acid groups (broad SMARTS) is 1. The number of nitrogens with zero attached hydrogens (tertiary/aromatic N) is 2. The summed E-state index contributed by atoms with van der Waals surface area (Å²) in [6.07, 6.45) is -0.569. The van der Waals surface area contributed by atoms with Gasteiger partial charge < -0.3 is 4.74 Å². The molecule has 2 aromatic carbocycles. The Hall–Kier alpha value is -2.87. The Morgan fingerprint density at radius 1 is 1.10 bits per heavy atom. The molecule has 8 nitrogen and oxygen atoms in total. The second kappa shape index (κ2) is 9.51. The molecule has 0 saturated carbocycles. The van der Waals surface area contributed by atoms with Crippen molar-refractivity contribution in [1.29, 1.82) is 0 Å². The number of likely N-dealkylation sites (tertiary alicyclic amines) is 1. The molecular weight excluding hydrogens is 465 g/mol. The maximum atomic E-state index is 12.9. The van der Waals surface area contributed by atoms with Gasteiger partial charge in [-0.2, -0.15) is 0 Å². The van der Waals surface area contributed by atoms with Crippen LogP contribution >= 0.6 is 0 Å². The molecule has 9 heteroatoms. The van der Waals surface area contributed by atoms with Gasteiger partial charge in [-0.15, -0.1) is 0 Å². The van der Waals surface area contributed by atoms with Gasteiger partial charge in [-0.1, -0.05) is 0 Å². The van der Waals surface area contributed by atoms with Gasteiger partial charge in [0, 0.05) is 0 Å². The zero-order chi connectivity index (χ0) is 21.8. The van der Waals surface area contributed by atoms with Crippen LogP contribution < -0.4 is 14.7 Å². The van der Waals surface area contributed by atoms with E-state index < -0.39 is 12.1 Å². The van der Waals surface area contributed by atoms with Gasteiger partial charge in [-0.05, 0) is 0 Å². The predicted molar refractivity (Wildman–Crippen MR) is 117 cm³/mol. The average molecular weight is 488 g/mol. The van der Waals surface area contributed by atoms with Crippen molar-refractivity contribution >= 4 is 48.7 Å². The fourth-order valence-electron chi connectivity index (χ4n) is 3.78. The summed E-state index contributed by atoms with van der Waals surface area (Å²) in [5.74, 6) is -0.429. The average Bonchev–Trinajstić information content (AvgIpc) is 3.20. The van der Waals surface area contributed by atoms with Crippen LogP contribution in [0.2, 0.25) is 4.82 Å². The molecule has 0 spiro atoms. The Morgan fingerprint density at radius 3 is 2.52 bits per heavy atom. The summed E-state index contributed by atoms with van der Waals surface area (Å²) in [7, 11) is 0. The van der Waals surface area contributed by atoms with E-state index >= 15 is 0 Å². The van der Waals surface area contributed by atoms with Crippen LogP contribution in [0.3, 0.4) is 0 Å². The van der Waals surface area contributed by atoms with Gasteiger partial charge in [0.15, 0.2) is 0 Å². The molecule has 0 aromatic heterocycles. The van der Waals surface area contributed by atoms with Crippen LogP contribution in [-0.4, -0.2) is 75.2 Å². The Kier molecular flexibility index (Phi) is 6.56. The SMILES string of the molecule is O=C(Nc1ccc(N2CCOCC2=O)cc1)C1C[C@@H]([Se]c2ccccc2)CN1C(=O)O. The number of rotatable bonds is 5. The molecule has 31 heavy (non-hydrogen) atoms. The fraction of sp³-hybridized carbons (Fsp3) is 0.318. The molecule has 2 aromatic rings. The Balaban J connectivity index is 1.40. The van der Waals surface area contributed by atoms with Crippen LogP contribution in [0.15, 0.2) is 54.6 Å². The molecule has 2 heterocycles. The molecule has 2 atom stereocenters.